The minimum absolute atomic E-state index is 0.0118. The van der Waals surface area contributed by atoms with Crippen molar-refractivity contribution in [3.63, 3.8) is 0 Å². The van der Waals surface area contributed by atoms with E-state index in [0.29, 0.717) is 12.4 Å². The quantitative estimate of drug-likeness (QED) is 0.326. The molecular formula is C25H24F3N3O4S. The van der Waals surface area contributed by atoms with Crippen molar-refractivity contribution in [1.82, 2.24) is 5.43 Å². The van der Waals surface area contributed by atoms with Crippen molar-refractivity contribution in [3.05, 3.63) is 89.5 Å². The van der Waals surface area contributed by atoms with Crippen LogP contribution in [-0.4, -0.2) is 33.7 Å². The van der Waals surface area contributed by atoms with Crippen LogP contribution in [0, 0.1) is 6.92 Å². The fourth-order valence-electron chi connectivity index (χ4n) is 3.17. The van der Waals surface area contributed by atoms with Crippen LogP contribution in [0.1, 0.15) is 23.6 Å². The van der Waals surface area contributed by atoms with Gasteiger partial charge in [-0.2, -0.15) is 18.3 Å². The number of benzene rings is 3. The van der Waals surface area contributed by atoms with Crippen LogP contribution < -0.4 is 14.5 Å². The Hall–Kier alpha value is -3.86. The third-order valence-electron chi connectivity index (χ3n) is 4.95. The third kappa shape index (κ3) is 6.85. The SMILES string of the molecule is CCOc1ccc(N(CC(=O)NN=Cc2cccc(C(F)(F)F)c2)S(=O)(=O)c2ccc(C)cc2)cc1. The Morgan fingerprint density at radius 1 is 1.06 bits per heavy atom. The summed E-state index contributed by atoms with van der Waals surface area (Å²) in [5.74, 6) is -0.258. The number of amides is 1. The molecule has 11 heteroatoms. The number of alkyl halides is 3. The van der Waals surface area contributed by atoms with E-state index in [9.17, 15) is 26.4 Å². The predicted molar refractivity (Wildman–Crippen MR) is 131 cm³/mol. The molecule has 0 aliphatic carbocycles. The highest BCUT2D eigenvalue weighted by Gasteiger charge is 2.30. The van der Waals surface area contributed by atoms with Gasteiger partial charge < -0.3 is 4.74 Å². The van der Waals surface area contributed by atoms with Crippen molar-refractivity contribution in [1.29, 1.82) is 0 Å². The van der Waals surface area contributed by atoms with E-state index in [0.717, 1.165) is 28.2 Å². The number of anilines is 1. The van der Waals surface area contributed by atoms with Gasteiger partial charge in [-0.25, -0.2) is 13.8 Å². The molecule has 7 nitrogen and oxygen atoms in total. The van der Waals surface area contributed by atoms with Gasteiger partial charge >= 0.3 is 6.18 Å². The second-order valence-corrected chi connectivity index (χ2v) is 9.53. The fourth-order valence-corrected chi connectivity index (χ4v) is 4.59. The maximum Gasteiger partial charge on any atom is 0.416 e. The van der Waals surface area contributed by atoms with Crippen LogP contribution >= 0.6 is 0 Å². The number of hydrogen-bond acceptors (Lipinski definition) is 5. The van der Waals surface area contributed by atoms with Crippen molar-refractivity contribution in [2.24, 2.45) is 5.10 Å². The lowest BCUT2D eigenvalue weighted by molar-refractivity contribution is -0.137. The number of carbonyl (C=O) groups is 1. The number of halogens is 3. The van der Waals surface area contributed by atoms with E-state index in [1.165, 1.54) is 36.4 Å². The van der Waals surface area contributed by atoms with Crippen molar-refractivity contribution >= 4 is 27.8 Å². The van der Waals surface area contributed by atoms with Crippen LogP contribution in [0.25, 0.3) is 0 Å². The van der Waals surface area contributed by atoms with Gasteiger partial charge in [0.2, 0.25) is 0 Å². The van der Waals surface area contributed by atoms with Crippen LogP contribution in [0.15, 0.2) is 82.8 Å². The van der Waals surface area contributed by atoms with E-state index in [1.807, 2.05) is 13.8 Å². The first-order valence-electron chi connectivity index (χ1n) is 10.8. The van der Waals surface area contributed by atoms with E-state index in [1.54, 1.807) is 24.3 Å². The summed E-state index contributed by atoms with van der Waals surface area (Å²) in [5.41, 5.74) is 2.51. The first kappa shape index (κ1) is 26.7. The molecule has 0 spiro atoms. The summed E-state index contributed by atoms with van der Waals surface area (Å²) in [6.45, 7) is 3.43. The van der Waals surface area contributed by atoms with E-state index < -0.39 is 34.2 Å². The Labute approximate surface area is 207 Å². The number of ether oxygens (including phenoxy) is 1. The van der Waals surface area contributed by atoms with Gasteiger partial charge in [0.25, 0.3) is 15.9 Å². The maximum atomic E-state index is 13.4. The predicted octanol–water partition coefficient (Wildman–Crippen LogP) is 4.76. The van der Waals surface area contributed by atoms with Gasteiger partial charge in [0.1, 0.15) is 12.3 Å². The molecule has 190 valence electrons. The molecule has 0 saturated heterocycles. The molecule has 0 atom stereocenters. The minimum Gasteiger partial charge on any atom is -0.494 e. The molecule has 0 fully saturated rings. The highest BCUT2D eigenvalue weighted by Crippen LogP contribution is 2.29. The van der Waals surface area contributed by atoms with E-state index in [-0.39, 0.29) is 16.1 Å². The molecular weight excluding hydrogens is 495 g/mol. The number of hydrazone groups is 1. The zero-order valence-electron chi connectivity index (χ0n) is 19.5. The molecule has 3 rings (SSSR count). The minimum atomic E-state index is -4.52. The van der Waals surface area contributed by atoms with Gasteiger partial charge in [-0.1, -0.05) is 29.8 Å². The summed E-state index contributed by atoms with van der Waals surface area (Å²) in [7, 11) is -4.14. The largest absolute Gasteiger partial charge is 0.494 e. The molecule has 36 heavy (non-hydrogen) atoms. The van der Waals surface area contributed by atoms with Gasteiger partial charge in [-0.15, -0.1) is 0 Å². The summed E-state index contributed by atoms with van der Waals surface area (Å²) < 4.78 is 71.7. The summed E-state index contributed by atoms with van der Waals surface area (Å²) >= 11 is 0. The molecule has 3 aromatic rings. The average molecular weight is 520 g/mol. The molecule has 0 bridgehead atoms. The average Bonchev–Trinajstić information content (AvgIpc) is 2.83. The van der Waals surface area contributed by atoms with Crippen molar-refractivity contribution in [2.45, 2.75) is 24.9 Å². The highest BCUT2D eigenvalue weighted by atomic mass is 32.2. The molecule has 0 aromatic heterocycles. The lowest BCUT2D eigenvalue weighted by Crippen LogP contribution is -2.39. The lowest BCUT2D eigenvalue weighted by atomic mass is 10.1. The van der Waals surface area contributed by atoms with Crippen LogP contribution in [0.3, 0.4) is 0 Å². The van der Waals surface area contributed by atoms with E-state index in [4.69, 9.17) is 4.74 Å². The van der Waals surface area contributed by atoms with Crippen LogP contribution in [0.4, 0.5) is 18.9 Å². The van der Waals surface area contributed by atoms with Crippen LogP contribution in [0.5, 0.6) is 5.75 Å². The zero-order valence-corrected chi connectivity index (χ0v) is 20.3. The van der Waals surface area contributed by atoms with E-state index in [2.05, 4.69) is 10.5 Å². The monoisotopic (exact) mass is 519 g/mol. The van der Waals surface area contributed by atoms with Gasteiger partial charge in [-0.05, 0) is 67.9 Å². The van der Waals surface area contributed by atoms with E-state index >= 15 is 0 Å². The fraction of sp³-hybridized carbons (Fsp3) is 0.200. The summed E-state index contributed by atoms with van der Waals surface area (Å²) in [6, 6.07) is 16.8. The Balaban J connectivity index is 1.83. The molecule has 0 aliphatic rings. The number of rotatable bonds is 9. The van der Waals surface area contributed by atoms with Crippen LogP contribution in [-0.2, 0) is 21.0 Å². The van der Waals surface area contributed by atoms with Crippen molar-refractivity contribution in [2.75, 3.05) is 17.5 Å². The zero-order chi connectivity index (χ0) is 26.3. The van der Waals surface area contributed by atoms with Gasteiger partial charge in [-0.3, -0.25) is 9.10 Å². The second-order valence-electron chi connectivity index (χ2n) is 7.67. The van der Waals surface area contributed by atoms with Gasteiger partial charge in [0.15, 0.2) is 0 Å². The molecule has 0 radical (unpaired) electrons. The van der Waals surface area contributed by atoms with Crippen molar-refractivity contribution in [3.8, 4) is 5.75 Å². The lowest BCUT2D eigenvalue weighted by Gasteiger charge is -2.24. The Morgan fingerprint density at radius 3 is 2.33 bits per heavy atom. The highest BCUT2D eigenvalue weighted by molar-refractivity contribution is 7.92. The first-order chi connectivity index (χ1) is 17.0. The molecule has 0 unspecified atom stereocenters. The Morgan fingerprint density at radius 2 is 1.72 bits per heavy atom. The molecule has 0 aliphatic heterocycles. The Bertz CT molecular complexity index is 1320. The normalized spacial score (nSPS) is 11.9. The number of nitrogens with one attached hydrogen (secondary N) is 1. The van der Waals surface area contributed by atoms with Gasteiger partial charge in [0, 0.05) is 0 Å². The number of aryl methyl sites for hydroxylation is 1. The van der Waals surface area contributed by atoms with Crippen molar-refractivity contribution < 1.29 is 31.1 Å². The smallest absolute Gasteiger partial charge is 0.416 e. The molecule has 1 N–H and O–H groups in total. The second kappa shape index (κ2) is 11.3. The summed E-state index contributed by atoms with van der Waals surface area (Å²) in [4.78, 5) is 12.6. The number of hydrogen-bond donors (Lipinski definition) is 1. The molecule has 0 saturated carbocycles. The third-order valence-corrected chi connectivity index (χ3v) is 6.74. The first-order valence-corrected chi connectivity index (χ1v) is 12.3. The standard InChI is InChI=1S/C25H24F3N3O4S/c1-3-35-22-11-9-21(10-12-22)31(36(33,34)23-13-7-18(2)8-14-23)17-24(32)30-29-16-19-5-4-6-20(15-19)25(26,27)28/h4-16H,3,17H2,1-2H3,(H,30,32). The number of nitrogens with zero attached hydrogens (tertiary/aromatic N) is 2. The van der Waals surface area contributed by atoms with Gasteiger partial charge in [0.05, 0.1) is 29.0 Å². The summed E-state index contributed by atoms with van der Waals surface area (Å²) in [5, 5.41) is 3.68. The van der Waals surface area contributed by atoms with Crippen LogP contribution in [0.2, 0.25) is 0 Å². The molecule has 3 aromatic carbocycles. The number of sulfonamides is 1. The number of carbonyl (C=O) groups excluding carboxylic acids is 1. The molecule has 1 amide bonds. The topological polar surface area (TPSA) is 88.1 Å². The summed E-state index contributed by atoms with van der Waals surface area (Å²) in [6.07, 6.45) is -3.47. The maximum absolute atomic E-state index is 13.4. The Kier molecular flexibility index (Phi) is 8.36. The molecule has 0 heterocycles.